The molecule has 0 saturated heterocycles. The van der Waals surface area contributed by atoms with Crippen LogP contribution in [0, 0.1) is 27.7 Å². The minimum absolute atomic E-state index is 0.0111. The van der Waals surface area contributed by atoms with Crippen molar-refractivity contribution in [3.8, 4) is 28.7 Å². The van der Waals surface area contributed by atoms with E-state index in [9.17, 15) is 0 Å². The Kier molecular flexibility index (Phi) is 6.50. The van der Waals surface area contributed by atoms with E-state index in [4.69, 9.17) is 9.47 Å². The first-order chi connectivity index (χ1) is 24.9. The van der Waals surface area contributed by atoms with Crippen molar-refractivity contribution in [2.24, 2.45) is 0 Å². The summed E-state index contributed by atoms with van der Waals surface area (Å²) in [5.74, 6) is 3.50. The van der Waals surface area contributed by atoms with E-state index < -0.39 is 0 Å². The monoisotopic (exact) mass is 658 g/mol. The molecule has 51 heavy (non-hydrogen) atoms. The maximum Gasteiger partial charge on any atom is 0.260 e. The topological polar surface area (TPSA) is 26.6 Å². The maximum atomic E-state index is 7.06. The van der Waals surface area contributed by atoms with Crippen LogP contribution in [0.4, 0.5) is 17.1 Å². The van der Waals surface area contributed by atoms with E-state index in [1.807, 2.05) is 0 Å². The van der Waals surface area contributed by atoms with Crippen LogP contribution in [0.15, 0.2) is 140 Å². The number of fused-ring (bicyclic) bond motifs is 8. The third-order valence-electron chi connectivity index (χ3n) is 10.5. The molecule has 244 valence electrons. The molecule has 7 aromatic carbocycles. The molecule has 0 amide bonds. The lowest BCUT2D eigenvalue weighted by Crippen LogP contribution is -2.57. The molecule has 5 heteroatoms. The van der Waals surface area contributed by atoms with E-state index in [1.54, 1.807) is 0 Å². The molecule has 8 aromatic rings. The molecule has 3 heterocycles. The molecule has 0 atom stereocenters. The van der Waals surface area contributed by atoms with Crippen molar-refractivity contribution in [2.75, 3.05) is 4.90 Å². The number of aromatic nitrogens is 1. The number of anilines is 3. The minimum Gasteiger partial charge on any atom is -0.458 e. The van der Waals surface area contributed by atoms with Gasteiger partial charge in [0.2, 0.25) is 0 Å². The zero-order valence-corrected chi connectivity index (χ0v) is 29.1. The highest BCUT2D eigenvalue weighted by Crippen LogP contribution is 2.46. The quantitative estimate of drug-likeness (QED) is 0.176. The van der Waals surface area contributed by atoms with E-state index in [0.29, 0.717) is 0 Å². The third-order valence-corrected chi connectivity index (χ3v) is 10.5. The van der Waals surface area contributed by atoms with Crippen LogP contribution < -0.4 is 30.8 Å². The minimum atomic E-state index is -0.0111. The second-order valence-electron chi connectivity index (χ2n) is 14.1. The van der Waals surface area contributed by atoms with Crippen molar-refractivity contribution >= 4 is 62.0 Å². The lowest BCUT2D eigenvalue weighted by Gasteiger charge is -2.34. The Morgan fingerprint density at radius 3 is 1.69 bits per heavy atom. The molecule has 2 aliphatic heterocycles. The molecular weight excluding hydrogens is 623 g/mol. The summed E-state index contributed by atoms with van der Waals surface area (Å²) in [4.78, 5) is 2.34. The van der Waals surface area contributed by atoms with Crippen molar-refractivity contribution < 1.29 is 9.47 Å². The standard InChI is InChI=1S/C46H35BN2O2/c1-28-10-16-33(17-11-28)48(34-18-12-29(2)13-19-34)35-20-21-36-37-27-43-44-46(45(37)49(40(36)26-35)32-8-6-5-7-9-32)51-42-23-15-31(4)25-39(42)47(44)38-24-30(3)14-22-41(38)50-43/h5-27H,1-4H3. The Bertz CT molecular complexity index is 2620. The summed E-state index contributed by atoms with van der Waals surface area (Å²) < 4.78 is 16.2. The molecule has 0 radical (unpaired) electrons. The highest BCUT2D eigenvalue weighted by Gasteiger charge is 2.42. The van der Waals surface area contributed by atoms with Gasteiger partial charge in [-0.05, 0) is 105 Å². The van der Waals surface area contributed by atoms with E-state index in [-0.39, 0.29) is 6.71 Å². The van der Waals surface area contributed by atoms with Crippen LogP contribution in [0.1, 0.15) is 22.3 Å². The van der Waals surface area contributed by atoms with Gasteiger partial charge in [0.15, 0.2) is 5.75 Å². The highest BCUT2D eigenvalue weighted by atomic mass is 16.5. The summed E-state index contributed by atoms with van der Waals surface area (Å²) in [6.45, 7) is 8.55. The summed E-state index contributed by atoms with van der Waals surface area (Å²) in [6, 6.07) is 50.3. The number of benzene rings is 7. The van der Waals surface area contributed by atoms with Gasteiger partial charge in [-0.3, -0.25) is 0 Å². The van der Waals surface area contributed by atoms with Crippen LogP contribution in [0.5, 0.6) is 23.0 Å². The number of hydrogen-bond acceptors (Lipinski definition) is 3. The molecule has 0 N–H and O–H groups in total. The number of rotatable bonds is 4. The Morgan fingerprint density at radius 1 is 0.490 bits per heavy atom. The Hall–Kier alpha value is -6.20. The molecular formula is C46H35BN2O2. The number of para-hydroxylation sites is 1. The summed E-state index contributed by atoms with van der Waals surface area (Å²) in [5, 5.41) is 2.23. The maximum absolute atomic E-state index is 7.06. The van der Waals surface area contributed by atoms with Crippen molar-refractivity contribution in [2.45, 2.75) is 27.7 Å². The van der Waals surface area contributed by atoms with Gasteiger partial charge in [-0.2, -0.15) is 0 Å². The first-order valence-corrected chi connectivity index (χ1v) is 17.6. The van der Waals surface area contributed by atoms with Crippen molar-refractivity contribution in [1.29, 1.82) is 0 Å². The van der Waals surface area contributed by atoms with Crippen LogP contribution in [0.25, 0.3) is 27.5 Å². The SMILES string of the molecule is Cc1ccc(N(c2ccc(C)cc2)c2ccc3c4cc5c6c(c4n(-c4ccccc4)c3c2)Oc2ccc(C)cc2B6c2cc(C)ccc2O5)cc1. The lowest BCUT2D eigenvalue weighted by molar-refractivity contribution is 0.467. The average Bonchev–Trinajstić information content (AvgIpc) is 3.47. The van der Waals surface area contributed by atoms with Crippen LogP contribution >= 0.6 is 0 Å². The van der Waals surface area contributed by atoms with E-state index in [0.717, 1.165) is 73.0 Å². The van der Waals surface area contributed by atoms with Crippen molar-refractivity contribution in [3.05, 3.63) is 162 Å². The number of aryl methyl sites for hydroxylation is 4. The van der Waals surface area contributed by atoms with Crippen molar-refractivity contribution in [1.82, 2.24) is 4.57 Å². The number of nitrogens with zero attached hydrogens (tertiary/aromatic N) is 2. The van der Waals surface area contributed by atoms with E-state index in [2.05, 4.69) is 177 Å². The van der Waals surface area contributed by atoms with Gasteiger partial charge < -0.3 is 18.9 Å². The largest absolute Gasteiger partial charge is 0.458 e. The summed E-state index contributed by atoms with van der Waals surface area (Å²) in [6.07, 6.45) is 0. The van der Waals surface area contributed by atoms with Gasteiger partial charge in [0.1, 0.15) is 17.2 Å². The van der Waals surface area contributed by atoms with E-state index in [1.165, 1.54) is 33.2 Å². The molecule has 0 spiro atoms. The molecule has 0 aliphatic carbocycles. The van der Waals surface area contributed by atoms with Crippen LogP contribution in [0.2, 0.25) is 0 Å². The van der Waals surface area contributed by atoms with Crippen LogP contribution in [0.3, 0.4) is 0 Å². The molecule has 10 rings (SSSR count). The predicted molar refractivity (Wildman–Crippen MR) is 212 cm³/mol. The molecule has 2 aliphatic rings. The Morgan fingerprint density at radius 2 is 1.06 bits per heavy atom. The third kappa shape index (κ3) is 4.61. The fraction of sp³-hybridized carbons (Fsp3) is 0.0870. The van der Waals surface area contributed by atoms with Gasteiger partial charge >= 0.3 is 0 Å². The van der Waals surface area contributed by atoms with Gasteiger partial charge in [0, 0.05) is 39.0 Å². The first kappa shape index (κ1) is 29.7. The second-order valence-corrected chi connectivity index (χ2v) is 14.1. The molecule has 1 aromatic heterocycles. The van der Waals surface area contributed by atoms with Crippen molar-refractivity contribution in [3.63, 3.8) is 0 Å². The Labute approximate surface area is 298 Å². The predicted octanol–water partition coefficient (Wildman–Crippen LogP) is 10.2. The van der Waals surface area contributed by atoms with Gasteiger partial charge in [-0.1, -0.05) is 95.1 Å². The summed E-state index contributed by atoms with van der Waals surface area (Å²) in [7, 11) is 0. The van der Waals surface area contributed by atoms with Gasteiger partial charge in [-0.25, -0.2) is 0 Å². The molecule has 0 fully saturated rings. The molecule has 4 nitrogen and oxygen atoms in total. The highest BCUT2D eigenvalue weighted by molar-refractivity contribution is 6.98. The van der Waals surface area contributed by atoms with Crippen LogP contribution in [-0.2, 0) is 0 Å². The van der Waals surface area contributed by atoms with Gasteiger partial charge in [-0.15, -0.1) is 0 Å². The fourth-order valence-corrected chi connectivity index (χ4v) is 8.08. The normalized spacial score (nSPS) is 12.6. The molecule has 0 saturated carbocycles. The van der Waals surface area contributed by atoms with Crippen LogP contribution in [-0.4, -0.2) is 11.3 Å². The summed E-state index contributed by atoms with van der Waals surface area (Å²) >= 11 is 0. The zero-order valence-electron chi connectivity index (χ0n) is 29.1. The zero-order chi connectivity index (χ0) is 34.4. The average molecular weight is 659 g/mol. The number of ether oxygens (including phenoxy) is 2. The molecule has 0 unspecified atom stereocenters. The molecule has 0 bridgehead atoms. The van der Waals surface area contributed by atoms with Gasteiger partial charge in [0.05, 0.1) is 11.0 Å². The Balaban J connectivity index is 1.29. The van der Waals surface area contributed by atoms with Gasteiger partial charge in [0.25, 0.3) is 6.71 Å². The second kappa shape index (κ2) is 11.2. The smallest absolute Gasteiger partial charge is 0.260 e. The fourth-order valence-electron chi connectivity index (χ4n) is 8.08. The summed E-state index contributed by atoms with van der Waals surface area (Å²) in [5.41, 5.74) is 14.8. The lowest BCUT2D eigenvalue weighted by atomic mass is 9.34. The number of hydrogen-bond donors (Lipinski definition) is 0. The van der Waals surface area contributed by atoms with E-state index >= 15 is 0 Å². The first-order valence-electron chi connectivity index (χ1n) is 17.6.